The highest BCUT2D eigenvalue weighted by Gasteiger charge is 2.12. The van der Waals surface area contributed by atoms with Gasteiger partial charge in [0.15, 0.2) is 0 Å². The van der Waals surface area contributed by atoms with Gasteiger partial charge in [0.2, 0.25) is 0 Å². The zero-order valence-electron chi connectivity index (χ0n) is 15.6. The molecule has 0 aliphatic carbocycles. The lowest BCUT2D eigenvalue weighted by molar-refractivity contribution is 0.102. The number of amides is 1. The maximum Gasteiger partial charge on any atom is 0.255 e. The molecule has 0 fully saturated rings. The fourth-order valence-electron chi connectivity index (χ4n) is 2.72. The second-order valence-electron chi connectivity index (χ2n) is 6.13. The van der Waals surface area contributed by atoms with Gasteiger partial charge in [-0.1, -0.05) is 36.4 Å². The van der Waals surface area contributed by atoms with Crippen LogP contribution < -0.4 is 14.8 Å². The first-order chi connectivity index (χ1) is 13.2. The van der Waals surface area contributed by atoms with E-state index in [-0.39, 0.29) is 5.91 Å². The SMILES string of the molecule is CCOc1ccc(C(=O)Nc2ccccc2C)cc1COc1ccccc1. The summed E-state index contributed by atoms with van der Waals surface area (Å²) in [7, 11) is 0. The van der Waals surface area contributed by atoms with Crippen molar-refractivity contribution >= 4 is 11.6 Å². The number of carbonyl (C=O) groups is 1. The summed E-state index contributed by atoms with van der Waals surface area (Å²) < 4.78 is 11.5. The Hall–Kier alpha value is -3.27. The van der Waals surface area contributed by atoms with Crippen molar-refractivity contribution < 1.29 is 14.3 Å². The van der Waals surface area contributed by atoms with Gasteiger partial charge in [0.05, 0.1) is 6.61 Å². The van der Waals surface area contributed by atoms with Crippen LogP contribution in [-0.4, -0.2) is 12.5 Å². The molecule has 4 nitrogen and oxygen atoms in total. The number of anilines is 1. The number of benzene rings is 3. The summed E-state index contributed by atoms with van der Waals surface area (Å²) in [6.45, 7) is 4.77. The summed E-state index contributed by atoms with van der Waals surface area (Å²) in [5.74, 6) is 1.34. The molecule has 0 heterocycles. The van der Waals surface area contributed by atoms with Crippen molar-refractivity contribution in [3.63, 3.8) is 0 Å². The van der Waals surface area contributed by atoms with Crippen molar-refractivity contribution in [3.05, 3.63) is 89.5 Å². The Morgan fingerprint density at radius 2 is 1.67 bits per heavy atom. The van der Waals surface area contributed by atoms with E-state index in [1.54, 1.807) is 6.07 Å². The molecule has 0 aromatic heterocycles. The summed E-state index contributed by atoms with van der Waals surface area (Å²) in [6.07, 6.45) is 0. The van der Waals surface area contributed by atoms with Gasteiger partial charge >= 0.3 is 0 Å². The van der Waals surface area contributed by atoms with E-state index in [2.05, 4.69) is 5.32 Å². The van der Waals surface area contributed by atoms with Crippen LogP contribution in [0.4, 0.5) is 5.69 Å². The molecule has 138 valence electrons. The molecule has 1 amide bonds. The minimum atomic E-state index is -0.159. The molecule has 3 rings (SSSR count). The van der Waals surface area contributed by atoms with Crippen LogP contribution in [-0.2, 0) is 6.61 Å². The van der Waals surface area contributed by atoms with Crippen LogP contribution in [0, 0.1) is 6.92 Å². The number of nitrogens with one attached hydrogen (secondary N) is 1. The number of hydrogen-bond donors (Lipinski definition) is 1. The third kappa shape index (κ3) is 4.88. The number of rotatable bonds is 7. The fraction of sp³-hybridized carbons (Fsp3) is 0.174. The van der Waals surface area contributed by atoms with E-state index in [1.165, 1.54) is 0 Å². The van der Waals surface area contributed by atoms with E-state index in [1.807, 2.05) is 80.6 Å². The van der Waals surface area contributed by atoms with Crippen molar-refractivity contribution in [1.29, 1.82) is 0 Å². The molecule has 0 saturated heterocycles. The summed E-state index contributed by atoms with van der Waals surface area (Å²) in [5, 5.41) is 2.96. The molecule has 0 unspecified atom stereocenters. The van der Waals surface area contributed by atoms with Crippen molar-refractivity contribution in [3.8, 4) is 11.5 Å². The number of carbonyl (C=O) groups excluding carboxylic acids is 1. The third-order valence-corrected chi connectivity index (χ3v) is 4.15. The van der Waals surface area contributed by atoms with Gasteiger partial charge in [-0.05, 0) is 55.8 Å². The average Bonchev–Trinajstić information content (AvgIpc) is 2.70. The van der Waals surface area contributed by atoms with Crippen LogP contribution in [0.2, 0.25) is 0 Å². The van der Waals surface area contributed by atoms with E-state index in [4.69, 9.17) is 9.47 Å². The lowest BCUT2D eigenvalue weighted by Gasteiger charge is -2.14. The quantitative estimate of drug-likeness (QED) is 0.627. The minimum absolute atomic E-state index is 0.159. The Labute approximate surface area is 159 Å². The lowest BCUT2D eigenvalue weighted by atomic mass is 10.1. The molecule has 0 bridgehead atoms. The number of ether oxygens (including phenoxy) is 2. The Balaban J connectivity index is 1.79. The van der Waals surface area contributed by atoms with E-state index in [0.717, 1.165) is 28.3 Å². The molecule has 3 aromatic carbocycles. The van der Waals surface area contributed by atoms with E-state index in [0.29, 0.717) is 18.8 Å². The van der Waals surface area contributed by atoms with Crippen LogP contribution in [0.3, 0.4) is 0 Å². The first-order valence-electron chi connectivity index (χ1n) is 8.98. The van der Waals surface area contributed by atoms with Crippen molar-refractivity contribution in [1.82, 2.24) is 0 Å². The number of aryl methyl sites for hydroxylation is 1. The van der Waals surface area contributed by atoms with Crippen molar-refractivity contribution in [2.45, 2.75) is 20.5 Å². The topological polar surface area (TPSA) is 47.6 Å². The van der Waals surface area contributed by atoms with Crippen molar-refractivity contribution in [2.24, 2.45) is 0 Å². The van der Waals surface area contributed by atoms with Gasteiger partial charge in [-0.2, -0.15) is 0 Å². The van der Waals surface area contributed by atoms with E-state index >= 15 is 0 Å². The molecular weight excluding hydrogens is 338 g/mol. The molecule has 27 heavy (non-hydrogen) atoms. The molecule has 0 spiro atoms. The molecule has 0 aliphatic rings. The van der Waals surface area contributed by atoms with Gasteiger partial charge in [-0.3, -0.25) is 4.79 Å². The van der Waals surface area contributed by atoms with Crippen LogP contribution in [0.1, 0.15) is 28.4 Å². The van der Waals surface area contributed by atoms with E-state index < -0.39 is 0 Å². The molecule has 0 radical (unpaired) electrons. The van der Waals surface area contributed by atoms with Crippen molar-refractivity contribution in [2.75, 3.05) is 11.9 Å². The van der Waals surface area contributed by atoms with Gasteiger partial charge in [-0.15, -0.1) is 0 Å². The summed E-state index contributed by atoms with van der Waals surface area (Å²) >= 11 is 0. The molecule has 0 aliphatic heterocycles. The molecule has 1 N–H and O–H groups in total. The minimum Gasteiger partial charge on any atom is -0.493 e. The van der Waals surface area contributed by atoms with Gasteiger partial charge in [0.1, 0.15) is 18.1 Å². The Bertz CT molecular complexity index is 907. The Kier molecular flexibility index (Phi) is 6.10. The van der Waals surface area contributed by atoms with Gasteiger partial charge < -0.3 is 14.8 Å². The second-order valence-corrected chi connectivity index (χ2v) is 6.13. The maximum absolute atomic E-state index is 12.7. The predicted molar refractivity (Wildman–Crippen MR) is 108 cm³/mol. The highest BCUT2D eigenvalue weighted by Crippen LogP contribution is 2.24. The highest BCUT2D eigenvalue weighted by molar-refractivity contribution is 6.04. The van der Waals surface area contributed by atoms with Crippen LogP contribution in [0.5, 0.6) is 11.5 Å². The molecule has 0 saturated carbocycles. The predicted octanol–water partition coefficient (Wildman–Crippen LogP) is 5.23. The Morgan fingerprint density at radius 1 is 0.926 bits per heavy atom. The van der Waals surface area contributed by atoms with Gasteiger partial charge in [0.25, 0.3) is 5.91 Å². The lowest BCUT2D eigenvalue weighted by Crippen LogP contribution is -2.13. The summed E-state index contributed by atoms with van der Waals surface area (Å²) in [4.78, 5) is 12.7. The Morgan fingerprint density at radius 3 is 2.41 bits per heavy atom. The first kappa shape index (κ1) is 18.5. The van der Waals surface area contributed by atoms with Crippen LogP contribution >= 0.6 is 0 Å². The normalized spacial score (nSPS) is 10.3. The third-order valence-electron chi connectivity index (χ3n) is 4.15. The first-order valence-corrected chi connectivity index (χ1v) is 8.98. The van der Waals surface area contributed by atoms with E-state index in [9.17, 15) is 4.79 Å². The second kappa shape index (κ2) is 8.90. The number of hydrogen-bond acceptors (Lipinski definition) is 3. The zero-order chi connectivity index (χ0) is 19.1. The monoisotopic (exact) mass is 361 g/mol. The van der Waals surface area contributed by atoms with Crippen LogP contribution in [0.25, 0.3) is 0 Å². The molecule has 4 heteroatoms. The van der Waals surface area contributed by atoms with Gasteiger partial charge in [0, 0.05) is 16.8 Å². The average molecular weight is 361 g/mol. The molecule has 3 aromatic rings. The maximum atomic E-state index is 12.7. The van der Waals surface area contributed by atoms with Gasteiger partial charge in [-0.25, -0.2) is 0 Å². The molecular formula is C23H23NO3. The van der Waals surface area contributed by atoms with Crippen LogP contribution in [0.15, 0.2) is 72.8 Å². The zero-order valence-corrected chi connectivity index (χ0v) is 15.6. The fourth-order valence-corrected chi connectivity index (χ4v) is 2.72. The summed E-state index contributed by atoms with van der Waals surface area (Å²) in [5.41, 5.74) is 3.22. The number of para-hydroxylation sites is 2. The summed E-state index contributed by atoms with van der Waals surface area (Å²) in [6, 6.07) is 22.7. The standard InChI is InChI=1S/C23H23NO3/c1-3-26-22-14-13-18(23(25)24-21-12-8-7-9-17(21)2)15-19(22)16-27-20-10-5-4-6-11-20/h4-15H,3,16H2,1-2H3,(H,24,25). The highest BCUT2D eigenvalue weighted by atomic mass is 16.5. The largest absolute Gasteiger partial charge is 0.493 e. The molecule has 0 atom stereocenters. The smallest absolute Gasteiger partial charge is 0.255 e.